The number of hydrogen-bond donors (Lipinski definition) is 2. The SMILES string of the molecule is CCC(C)[C@@H]1C(=O)O[C@H]2c3cc(C)cc(O)c3C3=C(C(=O)c4c(O)cccc4C3=O)N21. The molecule has 7 nitrogen and oxygen atoms in total. The zero-order chi connectivity index (χ0) is 22.2. The number of carbonyl (C=O) groups is 3. The number of benzene rings is 2. The number of fused-ring (bicyclic) bond motifs is 6. The lowest BCUT2D eigenvalue weighted by Gasteiger charge is -2.39. The molecule has 0 saturated carbocycles. The van der Waals surface area contributed by atoms with Crippen LogP contribution < -0.4 is 0 Å². The van der Waals surface area contributed by atoms with E-state index in [9.17, 15) is 24.6 Å². The molecule has 31 heavy (non-hydrogen) atoms. The highest BCUT2D eigenvalue weighted by molar-refractivity contribution is 6.41. The van der Waals surface area contributed by atoms with Crippen LogP contribution in [0.3, 0.4) is 0 Å². The van der Waals surface area contributed by atoms with E-state index in [1.54, 1.807) is 17.9 Å². The molecule has 0 aromatic heterocycles. The maximum absolute atomic E-state index is 13.7. The van der Waals surface area contributed by atoms with Gasteiger partial charge in [0, 0.05) is 16.7 Å². The van der Waals surface area contributed by atoms with E-state index in [1.807, 2.05) is 13.8 Å². The van der Waals surface area contributed by atoms with Crippen molar-refractivity contribution in [2.45, 2.75) is 39.5 Å². The van der Waals surface area contributed by atoms with E-state index in [4.69, 9.17) is 4.74 Å². The van der Waals surface area contributed by atoms with Gasteiger partial charge in [0.25, 0.3) is 0 Å². The van der Waals surface area contributed by atoms with Crippen LogP contribution in [-0.4, -0.2) is 38.7 Å². The van der Waals surface area contributed by atoms with Gasteiger partial charge in [0.05, 0.1) is 11.1 Å². The zero-order valence-corrected chi connectivity index (χ0v) is 17.3. The largest absolute Gasteiger partial charge is 0.507 e. The average molecular weight is 419 g/mol. The summed E-state index contributed by atoms with van der Waals surface area (Å²) in [5.74, 6) is -2.14. The lowest BCUT2D eigenvalue weighted by atomic mass is 9.77. The summed E-state index contributed by atoms with van der Waals surface area (Å²) in [4.78, 5) is 41.7. The molecular formula is C24H21NO6. The monoisotopic (exact) mass is 419 g/mol. The highest BCUT2D eigenvalue weighted by Gasteiger charge is 2.54. The van der Waals surface area contributed by atoms with Gasteiger partial charge in [-0.25, -0.2) is 4.79 Å². The number of ether oxygens (including phenoxy) is 1. The lowest BCUT2D eigenvalue weighted by molar-refractivity contribution is -0.143. The van der Waals surface area contributed by atoms with Gasteiger partial charge in [-0.2, -0.15) is 0 Å². The van der Waals surface area contributed by atoms with Crippen molar-refractivity contribution in [3.63, 3.8) is 0 Å². The van der Waals surface area contributed by atoms with Gasteiger partial charge in [0.2, 0.25) is 12.0 Å². The van der Waals surface area contributed by atoms with Crippen LogP contribution in [0.1, 0.15) is 63.9 Å². The van der Waals surface area contributed by atoms with E-state index < -0.39 is 29.8 Å². The molecule has 0 bridgehead atoms. The Labute approximate surface area is 178 Å². The summed E-state index contributed by atoms with van der Waals surface area (Å²) in [7, 11) is 0. The summed E-state index contributed by atoms with van der Waals surface area (Å²) in [6.07, 6.45) is -0.281. The van der Waals surface area contributed by atoms with Crippen LogP contribution in [0.2, 0.25) is 0 Å². The van der Waals surface area contributed by atoms with Gasteiger partial charge in [-0.1, -0.05) is 32.4 Å². The first-order valence-electron chi connectivity index (χ1n) is 10.2. The molecule has 0 amide bonds. The van der Waals surface area contributed by atoms with Crippen LogP contribution in [0.5, 0.6) is 11.5 Å². The third-order valence-corrected chi connectivity index (χ3v) is 6.46. The van der Waals surface area contributed by atoms with Gasteiger partial charge in [0.15, 0.2) is 5.78 Å². The Morgan fingerprint density at radius 2 is 1.81 bits per heavy atom. The van der Waals surface area contributed by atoms with E-state index in [0.717, 1.165) is 5.56 Å². The van der Waals surface area contributed by atoms with E-state index in [2.05, 4.69) is 0 Å². The standard InChI is InChI=1S/C24H21NO6/c1-4-11(3)19-24(30)31-23-13-8-10(2)9-15(27)16(13)18-20(25(19)23)22(29)17-12(21(18)28)6-5-7-14(17)26/h5-9,11,19,23,26-27H,4H2,1-3H3/t11?,19-,23+/m1/s1. The van der Waals surface area contributed by atoms with Crippen LogP contribution in [0.4, 0.5) is 0 Å². The number of aryl methyl sites for hydroxylation is 1. The number of Topliss-reactive ketones (excluding diaryl/α,β-unsaturated/α-hetero) is 2. The minimum atomic E-state index is -0.935. The lowest BCUT2D eigenvalue weighted by Crippen LogP contribution is -2.45. The number of rotatable bonds is 2. The van der Waals surface area contributed by atoms with E-state index in [1.165, 1.54) is 24.3 Å². The Hall–Kier alpha value is -3.61. The molecule has 0 spiro atoms. The first-order chi connectivity index (χ1) is 14.8. The number of esters is 1. The normalized spacial score (nSPS) is 22.5. The number of phenolic OH excluding ortho intramolecular Hbond substituents is 2. The van der Waals surface area contributed by atoms with Gasteiger partial charge in [-0.15, -0.1) is 0 Å². The van der Waals surface area contributed by atoms with E-state index in [0.29, 0.717) is 12.0 Å². The first kappa shape index (κ1) is 19.4. The Bertz CT molecular complexity index is 1230. The number of nitrogens with zero attached hydrogens (tertiary/aromatic N) is 1. The van der Waals surface area contributed by atoms with Crippen LogP contribution in [0, 0.1) is 12.8 Å². The Morgan fingerprint density at radius 1 is 1.06 bits per heavy atom. The van der Waals surface area contributed by atoms with Crippen molar-refractivity contribution in [2.75, 3.05) is 0 Å². The van der Waals surface area contributed by atoms with Gasteiger partial charge in [-0.3, -0.25) is 9.59 Å². The Morgan fingerprint density at radius 3 is 2.52 bits per heavy atom. The smallest absolute Gasteiger partial charge is 0.331 e. The number of hydrogen-bond acceptors (Lipinski definition) is 7. The summed E-state index contributed by atoms with van der Waals surface area (Å²) in [6.45, 7) is 5.61. The number of carbonyl (C=O) groups excluding carboxylic acids is 3. The second kappa shape index (κ2) is 6.44. The molecule has 3 atom stereocenters. The fraction of sp³-hybridized carbons (Fsp3) is 0.292. The Balaban J connectivity index is 1.87. The third-order valence-electron chi connectivity index (χ3n) is 6.46. The van der Waals surface area contributed by atoms with Crippen molar-refractivity contribution in [1.29, 1.82) is 0 Å². The van der Waals surface area contributed by atoms with Crippen molar-refractivity contribution in [3.05, 3.63) is 63.8 Å². The minimum absolute atomic E-state index is 0.00759. The van der Waals surface area contributed by atoms with Crippen molar-refractivity contribution < 1.29 is 29.3 Å². The van der Waals surface area contributed by atoms with E-state index in [-0.39, 0.29) is 45.4 Å². The topological polar surface area (TPSA) is 104 Å². The predicted molar refractivity (Wildman–Crippen MR) is 110 cm³/mol. The summed E-state index contributed by atoms with van der Waals surface area (Å²) in [5, 5.41) is 21.2. The maximum atomic E-state index is 13.7. The van der Waals surface area contributed by atoms with Gasteiger partial charge >= 0.3 is 5.97 Å². The van der Waals surface area contributed by atoms with Crippen molar-refractivity contribution >= 4 is 23.1 Å². The van der Waals surface area contributed by atoms with Crippen molar-refractivity contribution in [2.24, 2.45) is 5.92 Å². The van der Waals surface area contributed by atoms with Crippen LogP contribution >= 0.6 is 0 Å². The summed E-state index contributed by atoms with van der Waals surface area (Å²) in [6, 6.07) is 6.84. The minimum Gasteiger partial charge on any atom is -0.507 e. The maximum Gasteiger partial charge on any atom is 0.331 e. The fourth-order valence-electron chi connectivity index (χ4n) is 4.88. The summed E-state index contributed by atoms with van der Waals surface area (Å²) < 4.78 is 5.70. The van der Waals surface area contributed by atoms with E-state index >= 15 is 0 Å². The molecule has 1 saturated heterocycles. The summed E-state index contributed by atoms with van der Waals surface area (Å²) in [5.41, 5.74) is 1.41. The average Bonchev–Trinajstić information content (AvgIpc) is 3.07. The number of phenols is 2. The first-order valence-corrected chi connectivity index (χ1v) is 10.2. The quantitative estimate of drug-likeness (QED) is 0.718. The second-order valence-corrected chi connectivity index (χ2v) is 8.36. The molecule has 7 heteroatoms. The molecule has 2 aromatic rings. The number of ketones is 2. The molecule has 1 unspecified atom stereocenters. The van der Waals surface area contributed by atoms with Crippen molar-refractivity contribution in [1.82, 2.24) is 4.90 Å². The predicted octanol–water partition coefficient (Wildman–Crippen LogP) is 3.48. The highest BCUT2D eigenvalue weighted by Crippen LogP contribution is 2.52. The van der Waals surface area contributed by atoms with Gasteiger partial charge in [0.1, 0.15) is 23.2 Å². The van der Waals surface area contributed by atoms with Gasteiger partial charge < -0.3 is 19.8 Å². The molecule has 2 aliphatic heterocycles. The third kappa shape index (κ3) is 2.43. The zero-order valence-electron chi connectivity index (χ0n) is 17.3. The fourth-order valence-corrected chi connectivity index (χ4v) is 4.88. The second-order valence-electron chi connectivity index (χ2n) is 8.36. The van der Waals surface area contributed by atoms with Gasteiger partial charge in [-0.05, 0) is 36.6 Å². The summed E-state index contributed by atoms with van der Waals surface area (Å²) >= 11 is 0. The Kier molecular flexibility index (Phi) is 4.02. The highest BCUT2D eigenvalue weighted by atomic mass is 16.6. The molecule has 2 aromatic carbocycles. The number of aromatic hydroxyl groups is 2. The molecular weight excluding hydrogens is 398 g/mol. The molecule has 2 heterocycles. The number of allylic oxidation sites excluding steroid dienone is 2. The molecule has 0 radical (unpaired) electrons. The molecule has 158 valence electrons. The molecule has 3 aliphatic rings. The van der Waals surface area contributed by atoms with Crippen molar-refractivity contribution in [3.8, 4) is 11.5 Å². The van der Waals surface area contributed by atoms with Crippen LogP contribution in [0.25, 0.3) is 5.57 Å². The molecule has 1 aliphatic carbocycles. The molecule has 2 N–H and O–H groups in total. The van der Waals surface area contributed by atoms with Crippen LogP contribution in [0.15, 0.2) is 36.0 Å². The molecule has 1 fully saturated rings. The molecule has 5 rings (SSSR count). The van der Waals surface area contributed by atoms with Crippen LogP contribution in [-0.2, 0) is 9.53 Å².